The normalized spacial score (nSPS) is 14.1. The molecule has 0 bridgehead atoms. The summed E-state index contributed by atoms with van der Waals surface area (Å²) in [5, 5.41) is 2.15. The van der Waals surface area contributed by atoms with Crippen LogP contribution in [0, 0.1) is 11.3 Å². The summed E-state index contributed by atoms with van der Waals surface area (Å²) < 4.78 is 6.39. The molecule has 0 saturated heterocycles. The summed E-state index contributed by atoms with van der Waals surface area (Å²) in [6.45, 7) is 14.8. The lowest BCUT2D eigenvalue weighted by Crippen LogP contribution is -2.42. The summed E-state index contributed by atoms with van der Waals surface area (Å²) >= 11 is 1.83. The summed E-state index contributed by atoms with van der Waals surface area (Å²) in [6, 6.07) is 4.33. The van der Waals surface area contributed by atoms with Gasteiger partial charge in [0.15, 0.2) is 0 Å². The van der Waals surface area contributed by atoms with Crippen LogP contribution in [0.1, 0.15) is 91.4 Å². The predicted octanol–water partition coefficient (Wildman–Crippen LogP) is 7.50. The van der Waals surface area contributed by atoms with E-state index in [1.54, 1.807) is 0 Å². The van der Waals surface area contributed by atoms with Gasteiger partial charge in [-0.3, -0.25) is 0 Å². The summed E-state index contributed by atoms with van der Waals surface area (Å²) in [5.74, 6) is 0.597. The Morgan fingerprint density at radius 3 is 2.25 bits per heavy atom. The highest BCUT2D eigenvalue weighted by Gasteiger charge is 2.38. The Labute approximate surface area is 155 Å². The first-order valence-corrected chi connectivity index (χ1v) is 10.8. The molecule has 0 N–H and O–H groups in total. The molecule has 1 aromatic heterocycles. The van der Waals surface area contributed by atoms with Gasteiger partial charge >= 0.3 is 0 Å². The lowest BCUT2D eigenvalue weighted by molar-refractivity contribution is -0.0942. The molecule has 0 radical (unpaired) electrons. The van der Waals surface area contributed by atoms with E-state index >= 15 is 0 Å². The zero-order valence-electron chi connectivity index (χ0n) is 17.0. The number of thiophene rings is 1. The summed E-state index contributed by atoms with van der Waals surface area (Å²) in [7, 11) is 0. The molecule has 0 aliphatic carbocycles. The molecule has 1 unspecified atom stereocenters. The van der Waals surface area contributed by atoms with Crippen LogP contribution in [0.15, 0.2) is 17.5 Å². The molecule has 1 atom stereocenters. The minimum atomic E-state index is -0.0566. The van der Waals surface area contributed by atoms with Crippen molar-refractivity contribution in [2.24, 2.45) is 11.3 Å². The fraction of sp³-hybridized carbons (Fsp3) is 0.818. The van der Waals surface area contributed by atoms with E-state index in [-0.39, 0.29) is 11.0 Å². The molecular formula is C22H40OS. The van der Waals surface area contributed by atoms with E-state index in [0.29, 0.717) is 5.92 Å². The average Bonchev–Trinajstić information content (AvgIpc) is 2.97. The third-order valence-corrected chi connectivity index (χ3v) is 6.07. The zero-order valence-corrected chi connectivity index (χ0v) is 17.8. The fourth-order valence-corrected chi connectivity index (χ4v) is 4.61. The zero-order chi connectivity index (χ0) is 18.1. The van der Waals surface area contributed by atoms with Gasteiger partial charge in [0.25, 0.3) is 0 Å². The molecule has 1 aromatic rings. The standard InChI is InChI=1S/C22H40OS/c1-7-8-9-10-11-12-15-20(21(2,3)4)22(5,6)23-17-16-19-14-13-18-24-19/h13-14,18,20H,7-12,15-17H2,1-6H3. The van der Waals surface area contributed by atoms with Crippen molar-refractivity contribution < 1.29 is 4.74 Å². The van der Waals surface area contributed by atoms with E-state index in [1.165, 1.54) is 49.8 Å². The highest BCUT2D eigenvalue weighted by Crippen LogP contribution is 2.40. The van der Waals surface area contributed by atoms with Crippen LogP contribution < -0.4 is 0 Å². The highest BCUT2D eigenvalue weighted by molar-refractivity contribution is 7.09. The second-order valence-electron chi connectivity index (χ2n) is 8.76. The van der Waals surface area contributed by atoms with Crippen LogP contribution in [-0.2, 0) is 11.2 Å². The van der Waals surface area contributed by atoms with E-state index in [1.807, 2.05) is 11.3 Å². The van der Waals surface area contributed by atoms with Crippen LogP contribution in [-0.4, -0.2) is 12.2 Å². The van der Waals surface area contributed by atoms with Gasteiger partial charge in [-0.1, -0.05) is 72.3 Å². The van der Waals surface area contributed by atoms with Crippen molar-refractivity contribution in [2.75, 3.05) is 6.61 Å². The van der Waals surface area contributed by atoms with Gasteiger partial charge in [0, 0.05) is 11.3 Å². The maximum atomic E-state index is 6.39. The van der Waals surface area contributed by atoms with Crippen molar-refractivity contribution in [1.29, 1.82) is 0 Å². The Hall–Kier alpha value is -0.340. The molecule has 0 aromatic carbocycles. The monoisotopic (exact) mass is 352 g/mol. The van der Waals surface area contributed by atoms with Crippen molar-refractivity contribution in [2.45, 2.75) is 98.5 Å². The maximum Gasteiger partial charge on any atom is 0.0659 e. The quantitative estimate of drug-likeness (QED) is 0.354. The van der Waals surface area contributed by atoms with Gasteiger partial charge in [0.05, 0.1) is 12.2 Å². The van der Waals surface area contributed by atoms with Crippen molar-refractivity contribution in [1.82, 2.24) is 0 Å². The number of hydrogen-bond donors (Lipinski definition) is 0. The number of rotatable bonds is 12. The molecule has 1 nitrogen and oxygen atoms in total. The Balaban J connectivity index is 2.45. The van der Waals surface area contributed by atoms with Crippen molar-refractivity contribution in [3.63, 3.8) is 0 Å². The van der Waals surface area contributed by atoms with Crippen LogP contribution in [0.25, 0.3) is 0 Å². The smallest absolute Gasteiger partial charge is 0.0659 e. The second kappa shape index (κ2) is 10.6. The molecule has 0 spiro atoms. The summed E-state index contributed by atoms with van der Waals surface area (Å²) in [4.78, 5) is 1.43. The van der Waals surface area contributed by atoms with E-state index in [9.17, 15) is 0 Å². The topological polar surface area (TPSA) is 9.23 Å². The van der Waals surface area contributed by atoms with Gasteiger partial charge in [-0.05, 0) is 43.0 Å². The van der Waals surface area contributed by atoms with Gasteiger partial charge in [-0.2, -0.15) is 0 Å². The molecule has 2 heteroatoms. The third kappa shape index (κ3) is 8.16. The fourth-order valence-electron chi connectivity index (χ4n) is 3.92. The number of unbranched alkanes of at least 4 members (excludes halogenated alkanes) is 5. The van der Waals surface area contributed by atoms with Crippen molar-refractivity contribution in [3.05, 3.63) is 22.4 Å². The largest absolute Gasteiger partial charge is 0.375 e. The molecule has 0 saturated carbocycles. The minimum Gasteiger partial charge on any atom is -0.375 e. The van der Waals surface area contributed by atoms with Crippen LogP contribution in [0.2, 0.25) is 0 Å². The second-order valence-corrected chi connectivity index (χ2v) is 9.79. The maximum absolute atomic E-state index is 6.39. The molecule has 1 rings (SSSR count). The molecule has 0 fully saturated rings. The molecule has 140 valence electrons. The molecule has 1 heterocycles. The van der Waals surface area contributed by atoms with E-state index in [2.05, 4.69) is 59.1 Å². The molecule has 0 aliphatic heterocycles. The highest BCUT2D eigenvalue weighted by atomic mass is 32.1. The van der Waals surface area contributed by atoms with E-state index < -0.39 is 0 Å². The average molecular weight is 353 g/mol. The predicted molar refractivity (Wildman–Crippen MR) is 109 cm³/mol. The van der Waals surface area contributed by atoms with Crippen molar-refractivity contribution >= 4 is 11.3 Å². The van der Waals surface area contributed by atoms with Crippen LogP contribution in [0.5, 0.6) is 0 Å². The number of ether oxygens (including phenoxy) is 1. The Morgan fingerprint density at radius 2 is 1.67 bits per heavy atom. The Morgan fingerprint density at radius 1 is 1.00 bits per heavy atom. The van der Waals surface area contributed by atoms with E-state index in [4.69, 9.17) is 4.74 Å². The first-order chi connectivity index (χ1) is 11.3. The summed E-state index contributed by atoms with van der Waals surface area (Å²) in [6.07, 6.45) is 10.5. The first kappa shape index (κ1) is 21.7. The molecule has 0 aliphatic rings. The first-order valence-electron chi connectivity index (χ1n) is 9.93. The molecular weight excluding hydrogens is 312 g/mol. The van der Waals surface area contributed by atoms with Crippen LogP contribution >= 0.6 is 11.3 Å². The lowest BCUT2D eigenvalue weighted by atomic mass is 9.69. The Bertz CT molecular complexity index is 414. The summed E-state index contributed by atoms with van der Waals surface area (Å²) in [5.41, 5.74) is 0.231. The third-order valence-electron chi connectivity index (χ3n) is 5.13. The molecule has 24 heavy (non-hydrogen) atoms. The Kier molecular flexibility index (Phi) is 9.59. The number of hydrogen-bond acceptors (Lipinski definition) is 2. The van der Waals surface area contributed by atoms with Crippen LogP contribution in [0.4, 0.5) is 0 Å². The molecule has 0 amide bonds. The van der Waals surface area contributed by atoms with Gasteiger partial charge in [0.1, 0.15) is 0 Å². The van der Waals surface area contributed by atoms with Gasteiger partial charge in [-0.25, -0.2) is 0 Å². The van der Waals surface area contributed by atoms with Crippen LogP contribution in [0.3, 0.4) is 0 Å². The minimum absolute atomic E-state index is 0.0566. The van der Waals surface area contributed by atoms with E-state index in [0.717, 1.165) is 13.0 Å². The van der Waals surface area contributed by atoms with Crippen molar-refractivity contribution in [3.8, 4) is 0 Å². The van der Waals surface area contributed by atoms with Gasteiger partial charge < -0.3 is 4.74 Å². The SMILES string of the molecule is CCCCCCCCC(C(C)(C)C)C(C)(C)OCCc1cccs1. The lowest BCUT2D eigenvalue weighted by Gasteiger charge is -2.43. The van der Waals surface area contributed by atoms with Gasteiger partial charge in [-0.15, -0.1) is 11.3 Å². The van der Waals surface area contributed by atoms with Gasteiger partial charge in [0.2, 0.25) is 0 Å².